The second kappa shape index (κ2) is 5.31. The molecule has 82 valence electrons. The van der Waals surface area contributed by atoms with E-state index in [-0.39, 0.29) is 0 Å². The molecule has 2 nitrogen and oxygen atoms in total. The number of rotatable bonds is 3. The van der Waals surface area contributed by atoms with E-state index >= 15 is 0 Å². The number of benzene rings is 1. The predicted molar refractivity (Wildman–Crippen MR) is 67.4 cm³/mol. The minimum Gasteiger partial charge on any atom is -0.624 e. The summed E-state index contributed by atoms with van der Waals surface area (Å²) in [5.74, 6) is 0. The van der Waals surface area contributed by atoms with Crippen molar-refractivity contribution in [3.63, 3.8) is 0 Å². The molecule has 0 unspecified atom stereocenters. The maximum Gasteiger partial charge on any atom is 0.187 e. The quantitative estimate of drug-likeness (QED) is 0.430. The Kier molecular flexibility index (Phi) is 3.54. The first-order valence-electron chi connectivity index (χ1n) is 5.56. The van der Waals surface area contributed by atoms with Crippen molar-refractivity contribution in [3.8, 4) is 0 Å². The van der Waals surface area contributed by atoms with E-state index in [0.717, 1.165) is 23.3 Å². The van der Waals surface area contributed by atoms with Crippen LogP contribution >= 0.6 is 0 Å². The summed E-state index contributed by atoms with van der Waals surface area (Å²) in [6, 6.07) is 10.1. The molecule has 0 amide bonds. The average molecular weight is 213 g/mol. The maximum atomic E-state index is 11.2. The third-order valence-corrected chi connectivity index (χ3v) is 2.60. The van der Waals surface area contributed by atoms with Gasteiger partial charge in [-0.3, -0.25) is 0 Å². The van der Waals surface area contributed by atoms with Gasteiger partial charge in [-0.2, -0.15) is 0 Å². The Bertz CT molecular complexity index is 429. The zero-order valence-electron chi connectivity index (χ0n) is 9.17. The Morgan fingerprint density at radius 3 is 2.50 bits per heavy atom. The monoisotopic (exact) mass is 213 g/mol. The van der Waals surface area contributed by atoms with E-state index in [9.17, 15) is 5.21 Å². The molecule has 1 aliphatic rings. The van der Waals surface area contributed by atoms with Gasteiger partial charge in [0.2, 0.25) is 0 Å². The highest BCUT2D eigenvalue weighted by Crippen LogP contribution is 2.05. The lowest BCUT2D eigenvalue weighted by Crippen LogP contribution is -2.03. The van der Waals surface area contributed by atoms with Crippen LogP contribution in [-0.4, -0.2) is 17.0 Å². The molecule has 1 aliphatic heterocycles. The fourth-order valence-electron chi connectivity index (χ4n) is 1.74. The van der Waals surface area contributed by atoms with E-state index in [1.165, 1.54) is 5.56 Å². The standard InChI is InChI=1S/C14H15NO/c16-15-12-6-11-14(15)10-5-4-9-13-7-2-1-3-8-13/h1-5,7-10H,6,11-12H2. The van der Waals surface area contributed by atoms with Crippen LogP contribution in [0.4, 0.5) is 0 Å². The molecule has 0 saturated heterocycles. The van der Waals surface area contributed by atoms with Crippen molar-refractivity contribution < 1.29 is 4.74 Å². The van der Waals surface area contributed by atoms with Gasteiger partial charge in [0.15, 0.2) is 12.3 Å². The van der Waals surface area contributed by atoms with E-state index < -0.39 is 0 Å². The molecule has 1 aromatic rings. The summed E-state index contributed by atoms with van der Waals surface area (Å²) in [6.45, 7) is 0.641. The molecule has 1 heterocycles. The van der Waals surface area contributed by atoms with Crippen LogP contribution in [0.3, 0.4) is 0 Å². The van der Waals surface area contributed by atoms with Gasteiger partial charge in [-0.15, -0.1) is 0 Å². The number of hydrogen-bond acceptors (Lipinski definition) is 1. The van der Waals surface area contributed by atoms with Gasteiger partial charge in [0, 0.05) is 18.9 Å². The van der Waals surface area contributed by atoms with Crippen molar-refractivity contribution in [3.05, 3.63) is 59.3 Å². The Hall–Kier alpha value is -1.83. The summed E-state index contributed by atoms with van der Waals surface area (Å²) in [6.07, 6.45) is 9.71. The molecule has 0 aliphatic carbocycles. The zero-order chi connectivity index (χ0) is 11.2. The van der Waals surface area contributed by atoms with E-state index in [1.54, 1.807) is 0 Å². The van der Waals surface area contributed by atoms with Crippen molar-refractivity contribution in [2.24, 2.45) is 0 Å². The fourth-order valence-corrected chi connectivity index (χ4v) is 1.74. The lowest BCUT2D eigenvalue weighted by Gasteiger charge is -1.96. The van der Waals surface area contributed by atoms with Crippen LogP contribution < -0.4 is 0 Å². The second-order valence-corrected chi connectivity index (χ2v) is 3.83. The topological polar surface area (TPSA) is 26.1 Å². The third-order valence-electron chi connectivity index (χ3n) is 2.60. The smallest absolute Gasteiger partial charge is 0.187 e. The Morgan fingerprint density at radius 1 is 1.06 bits per heavy atom. The molecule has 0 saturated carbocycles. The van der Waals surface area contributed by atoms with Crippen molar-refractivity contribution in [1.82, 2.24) is 0 Å². The summed E-state index contributed by atoms with van der Waals surface area (Å²) >= 11 is 0. The molecule has 16 heavy (non-hydrogen) atoms. The minimum absolute atomic E-state index is 0.641. The first-order chi connectivity index (χ1) is 7.86. The minimum atomic E-state index is 0.641. The largest absolute Gasteiger partial charge is 0.624 e. The van der Waals surface area contributed by atoms with Gasteiger partial charge < -0.3 is 5.21 Å². The Morgan fingerprint density at radius 2 is 1.81 bits per heavy atom. The molecule has 0 N–H and O–H groups in total. The van der Waals surface area contributed by atoms with E-state index in [4.69, 9.17) is 0 Å². The van der Waals surface area contributed by atoms with E-state index in [1.807, 2.05) is 54.6 Å². The molecular weight excluding hydrogens is 198 g/mol. The van der Waals surface area contributed by atoms with Gasteiger partial charge in [0.05, 0.1) is 0 Å². The van der Waals surface area contributed by atoms with Crippen LogP contribution in [0.5, 0.6) is 0 Å². The number of hydroxylamine groups is 1. The predicted octanol–water partition coefficient (Wildman–Crippen LogP) is 3.00. The van der Waals surface area contributed by atoms with Gasteiger partial charge in [0.25, 0.3) is 0 Å². The first kappa shape index (κ1) is 10.7. The highest BCUT2D eigenvalue weighted by Gasteiger charge is 2.13. The van der Waals surface area contributed by atoms with Crippen LogP contribution in [-0.2, 0) is 0 Å². The Labute approximate surface area is 95.8 Å². The molecule has 1 aromatic carbocycles. The van der Waals surface area contributed by atoms with Crippen molar-refractivity contribution in [1.29, 1.82) is 0 Å². The van der Waals surface area contributed by atoms with Crippen LogP contribution in [0.25, 0.3) is 6.08 Å². The SMILES string of the molecule is [O-][N+]1=C(C=CC=Cc2ccccc2)CCC1. The number of nitrogens with zero attached hydrogens (tertiary/aromatic N) is 1. The molecule has 0 bridgehead atoms. The van der Waals surface area contributed by atoms with Gasteiger partial charge in [-0.1, -0.05) is 48.6 Å². The first-order valence-corrected chi connectivity index (χ1v) is 5.56. The fraction of sp³-hybridized carbons (Fsp3) is 0.214. The van der Waals surface area contributed by atoms with Crippen molar-refractivity contribution >= 4 is 11.8 Å². The van der Waals surface area contributed by atoms with E-state index in [2.05, 4.69) is 0 Å². The number of allylic oxidation sites excluding steroid dienone is 3. The van der Waals surface area contributed by atoms with E-state index in [0.29, 0.717) is 6.54 Å². The van der Waals surface area contributed by atoms with Crippen LogP contribution in [0.1, 0.15) is 18.4 Å². The molecule has 0 aromatic heterocycles. The summed E-state index contributed by atoms with van der Waals surface area (Å²) in [4.78, 5) is 0. The summed E-state index contributed by atoms with van der Waals surface area (Å²) in [7, 11) is 0. The average Bonchev–Trinajstić information content (AvgIpc) is 2.72. The summed E-state index contributed by atoms with van der Waals surface area (Å²) in [5.41, 5.74) is 2.06. The second-order valence-electron chi connectivity index (χ2n) is 3.83. The number of hydrogen-bond donors (Lipinski definition) is 0. The van der Waals surface area contributed by atoms with Crippen molar-refractivity contribution in [2.75, 3.05) is 6.54 Å². The van der Waals surface area contributed by atoms with Crippen LogP contribution in [0, 0.1) is 5.21 Å². The molecule has 2 heteroatoms. The Balaban J connectivity index is 1.95. The normalized spacial score (nSPS) is 16.8. The van der Waals surface area contributed by atoms with Crippen LogP contribution in [0.2, 0.25) is 0 Å². The third kappa shape index (κ3) is 2.83. The molecule has 0 spiro atoms. The molecule has 2 rings (SSSR count). The molecular formula is C14H15NO. The van der Waals surface area contributed by atoms with Gasteiger partial charge >= 0.3 is 0 Å². The van der Waals surface area contributed by atoms with Gasteiger partial charge in [-0.05, 0) is 5.56 Å². The summed E-state index contributed by atoms with van der Waals surface area (Å²) in [5, 5.41) is 11.2. The molecule has 0 atom stereocenters. The van der Waals surface area contributed by atoms with Gasteiger partial charge in [-0.25, -0.2) is 4.74 Å². The maximum absolute atomic E-state index is 11.2. The highest BCUT2D eigenvalue weighted by atomic mass is 16.5. The lowest BCUT2D eigenvalue weighted by molar-refractivity contribution is -0.447. The van der Waals surface area contributed by atoms with Crippen LogP contribution in [0.15, 0.2) is 48.6 Å². The van der Waals surface area contributed by atoms with Crippen molar-refractivity contribution in [2.45, 2.75) is 12.8 Å². The summed E-state index contributed by atoms with van der Waals surface area (Å²) < 4.78 is 1.08. The molecule has 0 radical (unpaired) electrons. The highest BCUT2D eigenvalue weighted by molar-refractivity contribution is 5.91. The van der Waals surface area contributed by atoms with Gasteiger partial charge in [0.1, 0.15) is 0 Å². The lowest BCUT2D eigenvalue weighted by atomic mass is 10.2. The molecule has 0 fully saturated rings. The zero-order valence-corrected chi connectivity index (χ0v) is 9.17.